The minimum atomic E-state index is -0.0709. The predicted octanol–water partition coefficient (Wildman–Crippen LogP) is 4.21. The molecule has 1 amide bonds. The lowest BCUT2D eigenvalue weighted by atomic mass is 10.0. The monoisotopic (exact) mass is 338 g/mol. The van der Waals surface area contributed by atoms with Gasteiger partial charge in [-0.1, -0.05) is 62.9 Å². The largest absolute Gasteiger partial charge is 0.493 e. The van der Waals surface area contributed by atoms with Gasteiger partial charge in [-0.2, -0.15) is 0 Å². The molecule has 4 nitrogen and oxygen atoms in total. The van der Waals surface area contributed by atoms with Crippen molar-refractivity contribution < 1.29 is 9.53 Å². The number of rotatable bonds is 8. The van der Waals surface area contributed by atoms with Crippen molar-refractivity contribution in [1.29, 1.82) is 0 Å². The molecule has 25 heavy (non-hydrogen) atoms. The van der Waals surface area contributed by atoms with Crippen molar-refractivity contribution in [3.8, 4) is 5.75 Å². The van der Waals surface area contributed by atoms with E-state index >= 15 is 0 Å². The Bertz CT molecular complexity index is 768. The summed E-state index contributed by atoms with van der Waals surface area (Å²) >= 11 is 0. The first kappa shape index (κ1) is 17.5. The number of ether oxygens (including phenoxy) is 1. The maximum atomic E-state index is 11.9. The molecule has 0 aromatic heterocycles. The van der Waals surface area contributed by atoms with Crippen LogP contribution in [-0.2, 0) is 4.79 Å². The van der Waals surface area contributed by atoms with Gasteiger partial charge < -0.3 is 4.74 Å². The number of carbonyl (C=O) groups is 1. The Balaban J connectivity index is 1.82. The Kier molecular flexibility index (Phi) is 6.07. The van der Waals surface area contributed by atoms with Gasteiger partial charge in [0.25, 0.3) is 5.91 Å². The molecule has 2 N–H and O–H groups in total. The maximum Gasteiger partial charge on any atom is 0.262 e. The Morgan fingerprint density at radius 3 is 2.72 bits per heavy atom. The molecule has 1 fully saturated rings. The van der Waals surface area contributed by atoms with Crippen LogP contribution >= 0.6 is 0 Å². The highest BCUT2D eigenvalue weighted by Gasteiger charge is 2.17. The predicted molar refractivity (Wildman–Crippen MR) is 102 cm³/mol. The summed E-state index contributed by atoms with van der Waals surface area (Å²) in [7, 11) is 0. The summed E-state index contributed by atoms with van der Waals surface area (Å²) in [5.74, 6) is 0.778. The molecule has 0 saturated carbocycles. The number of hydrazine groups is 1. The van der Waals surface area contributed by atoms with Crippen LogP contribution < -0.4 is 15.6 Å². The highest BCUT2D eigenvalue weighted by atomic mass is 16.5. The molecule has 1 aliphatic rings. The second-order valence-electron chi connectivity index (χ2n) is 6.44. The molecule has 132 valence electrons. The molecule has 0 atom stereocenters. The highest BCUT2D eigenvalue weighted by Crippen LogP contribution is 2.30. The first-order chi connectivity index (χ1) is 12.3. The lowest BCUT2D eigenvalue weighted by Crippen LogP contribution is -2.25. The summed E-state index contributed by atoms with van der Waals surface area (Å²) in [5.41, 5.74) is 7.22. The number of carbonyl (C=O) groups excluding carboxylic acids is 1. The Hall–Kier alpha value is -2.33. The fraction of sp³-hybridized carbons (Fsp3) is 0.381. The van der Waals surface area contributed by atoms with Crippen LogP contribution in [0.25, 0.3) is 16.8 Å². The second-order valence-corrected chi connectivity index (χ2v) is 6.44. The van der Waals surface area contributed by atoms with Crippen molar-refractivity contribution >= 4 is 22.8 Å². The van der Waals surface area contributed by atoms with E-state index in [2.05, 4.69) is 36.0 Å². The normalized spacial score (nSPS) is 15.7. The zero-order chi connectivity index (χ0) is 17.5. The van der Waals surface area contributed by atoms with E-state index in [1.54, 1.807) is 0 Å². The van der Waals surface area contributed by atoms with E-state index < -0.39 is 0 Å². The topological polar surface area (TPSA) is 50.4 Å². The number of amides is 1. The molecule has 1 heterocycles. The quantitative estimate of drug-likeness (QED) is 0.560. The van der Waals surface area contributed by atoms with Gasteiger partial charge in [0.1, 0.15) is 5.75 Å². The summed E-state index contributed by atoms with van der Waals surface area (Å²) in [6.45, 7) is 3.46. The first-order valence-electron chi connectivity index (χ1n) is 9.18. The number of hydrogen-bond acceptors (Lipinski definition) is 3. The summed E-state index contributed by atoms with van der Waals surface area (Å²) in [6.07, 6.45) is 8.01. The maximum absolute atomic E-state index is 11.9. The molecule has 1 aliphatic heterocycles. The SMILES string of the molecule is CCCCCCCOc1ccc2ccccc2c1/C=C1\CNNC1=O. The average molecular weight is 338 g/mol. The smallest absolute Gasteiger partial charge is 0.262 e. The first-order valence-corrected chi connectivity index (χ1v) is 9.18. The zero-order valence-electron chi connectivity index (χ0n) is 14.8. The van der Waals surface area contributed by atoms with Gasteiger partial charge in [-0.25, -0.2) is 5.43 Å². The lowest BCUT2D eigenvalue weighted by Gasteiger charge is -2.12. The third-order valence-electron chi connectivity index (χ3n) is 4.53. The fourth-order valence-electron chi connectivity index (χ4n) is 3.11. The van der Waals surface area contributed by atoms with Gasteiger partial charge in [0, 0.05) is 17.7 Å². The Labute approximate surface area is 149 Å². The zero-order valence-corrected chi connectivity index (χ0v) is 14.8. The average Bonchev–Trinajstić information content (AvgIpc) is 3.04. The summed E-state index contributed by atoms with van der Waals surface area (Å²) < 4.78 is 6.07. The number of benzene rings is 2. The number of hydrogen-bond donors (Lipinski definition) is 2. The third kappa shape index (κ3) is 4.40. The molecule has 2 aromatic rings. The van der Waals surface area contributed by atoms with Crippen molar-refractivity contribution in [1.82, 2.24) is 10.9 Å². The summed E-state index contributed by atoms with van der Waals surface area (Å²) in [5, 5.41) is 2.26. The van der Waals surface area contributed by atoms with E-state index in [4.69, 9.17) is 4.74 Å². The van der Waals surface area contributed by atoms with E-state index in [0.29, 0.717) is 13.2 Å². The van der Waals surface area contributed by atoms with Gasteiger partial charge >= 0.3 is 0 Å². The Morgan fingerprint density at radius 2 is 1.92 bits per heavy atom. The van der Waals surface area contributed by atoms with Crippen molar-refractivity contribution in [2.45, 2.75) is 39.0 Å². The summed E-state index contributed by atoms with van der Waals surface area (Å²) in [4.78, 5) is 11.9. The fourth-order valence-corrected chi connectivity index (χ4v) is 3.11. The van der Waals surface area contributed by atoms with Crippen molar-refractivity contribution in [3.63, 3.8) is 0 Å². The van der Waals surface area contributed by atoms with E-state index in [-0.39, 0.29) is 5.91 Å². The molecule has 0 bridgehead atoms. The highest BCUT2D eigenvalue weighted by molar-refractivity contribution is 6.03. The molecular weight excluding hydrogens is 312 g/mol. The molecule has 2 aromatic carbocycles. The standard InChI is InChI=1S/C21H26N2O2/c1-2-3-4-5-8-13-25-20-12-11-16-9-6-7-10-18(16)19(20)14-17-15-22-23-21(17)24/h6-7,9-12,14,22H,2-5,8,13,15H2,1H3,(H,23,24)/b17-14+. The summed E-state index contributed by atoms with van der Waals surface area (Å²) in [6, 6.07) is 12.3. The molecule has 4 heteroatoms. The van der Waals surface area contributed by atoms with Crippen LogP contribution in [-0.4, -0.2) is 19.1 Å². The van der Waals surface area contributed by atoms with Gasteiger partial charge in [-0.15, -0.1) is 0 Å². The van der Waals surface area contributed by atoms with Crippen molar-refractivity contribution in [2.75, 3.05) is 13.2 Å². The second kappa shape index (κ2) is 8.67. The molecule has 0 radical (unpaired) electrons. The Morgan fingerprint density at radius 1 is 1.08 bits per heavy atom. The molecule has 0 aliphatic carbocycles. The van der Waals surface area contributed by atoms with Crippen LogP contribution in [0.3, 0.4) is 0 Å². The van der Waals surface area contributed by atoms with E-state index in [1.807, 2.05) is 24.3 Å². The van der Waals surface area contributed by atoms with E-state index in [0.717, 1.165) is 34.1 Å². The number of nitrogens with one attached hydrogen (secondary N) is 2. The van der Waals surface area contributed by atoms with Gasteiger partial charge in [-0.05, 0) is 29.3 Å². The van der Waals surface area contributed by atoms with Crippen LogP contribution in [0.4, 0.5) is 0 Å². The van der Waals surface area contributed by atoms with Gasteiger partial charge in [0.2, 0.25) is 0 Å². The molecule has 1 saturated heterocycles. The van der Waals surface area contributed by atoms with Gasteiger partial charge in [0.15, 0.2) is 0 Å². The lowest BCUT2D eigenvalue weighted by molar-refractivity contribution is -0.116. The molecular formula is C21H26N2O2. The van der Waals surface area contributed by atoms with Crippen molar-refractivity contribution in [2.24, 2.45) is 0 Å². The van der Waals surface area contributed by atoms with Crippen LogP contribution in [0.15, 0.2) is 42.0 Å². The third-order valence-corrected chi connectivity index (χ3v) is 4.53. The van der Waals surface area contributed by atoms with Gasteiger partial charge in [-0.3, -0.25) is 10.2 Å². The van der Waals surface area contributed by atoms with Crippen molar-refractivity contribution in [3.05, 3.63) is 47.5 Å². The minimum absolute atomic E-state index is 0.0709. The van der Waals surface area contributed by atoms with E-state index in [1.165, 1.54) is 25.7 Å². The van der Waals surface area contributed by atoms with Crippen LogP contribution in [0.5, 0.6) is 5.75 Å². The van der Waals surface area contributed by atoms with Crippen LogP contribution in [0, 0.1) is 0 Å². The van der Waals surface area contributed by atoms with E-state index in [9.17, 15) is 4.79 Å². The molecule has 3 rings (SSSR count). The number of unbranched alkanes of at least 4 members (excludes halogenated alkanes) is 4. The van der Waals surface area contributed by atoms with Crippen LogP contribution in [0.2, 0.25) is 0 Å². The number of fused-ring (bicyclic) bond motifs is 1. The minimum Gasteiger partial charge on any atom is -0.493 e. The van der Waals surface area contributed by atoms with Gasteiger partial charge in [0.05, 0.1) is 6.61 Å². The van der Waals surface area contributed by atoms with Crippen LogP contribution in [0.1, 0.15) is 44.6 Å². The molecule has 0 unspecified atom stereocenters. The molecule has 0 spiro atoms.